The second-order valence-electron chi connectivity index (χ2n) is 5.55. The molecule has 118 valence electrons. The van der Waals surface area contributed by atoms with E-state index in [-0.39, 0.29) is 5.57 Å². The van der Waals surface area contributed by atoms with Crippen molar-refractivity contribution in [1.82, 2.24) is 10.2 Å². The van der Waals surface area contributed by atoms with Gasteiger partial charge in [-0.05, 0) is 52.5 Å². The minimum Gasteiger partial charge on any atom is -0.390 e. The molecule has 2 N–H and O–H groups in total. The molecular weight excluding hydrogens is 276 g/mol. The molecule has 1 aromatic carbocycles. The van der Waals surface area contributed by atoms with Crippen LogP contribution < -0.4 is 10.6 Å². The van der Waals surface area contributed by atoms with Crippen molar-refractivity contribution in [3.63, 3.8) is 0 Å². The van der Waals surface area contributed by atoms with Gasteiger partial charge in [0.15, 0.2) is 0 Å². The molecule has 0 aromatic heterocycles. The molecule has 0 aliphatic heterocycles. The minimum absolute atomic E-state index is 0.0739. The average Bonchev–Trinajstić information content (AvgIpc) is 2.45. The smallest absolute Gasteiger partial charge is 0.267 e. The van der Waals surface area contributed by atoms with Crippen LogP contribution in [0.15, 0.2) is 30.0 Å². The second kappa shape index (κ2) is 8.85. The monoisotopic (exact) mass is 300 g/mol. The van der Waals surface area contributed by atoms with Crippen molar-refractivity contribution in [2.45, 2.75) is 20.3 Å². The number of benzene rings is 1. The number of hydrogen-bond donors (Lipinski definition) is 2. The van der Waals surface area contributed by atoms with Gasteiger partial charge in [0.25, 0.3) is 5.91 Å². The summed E-state index contributed by atoms with van der Waals surface area (Å²) in [6.45, 7) is 5.60. The molecule has 0 aliphatic carbocycles. The van der Waals surface area contributed by atoms with Gasteiger partial charge in [-0.1, -0.05) is 17.7 Å². The van der Waals surface area contributed by atoms with Crippen LogP contribution in [-0.4, -0.2) is 38.0 Å². The van der Waals surface area contributed by atoms with Crippen LogP contribution in [0.3, 0.4) is 0 Å². The van der Waals surface area contributed by atoms with Crippen molar-refractivity contribution in [3.05, 3.63) is 41.1 Å². The Morgan fingerprint density at radius 2 is 2.09 bits per heavy atom. The third-order valence-electron chi connectivity index (χ3n) is 3.17. The summed E-state index contributed by atoms with van der Waals surface area (Å²) in [7, 11) is 4.02. The first kappa shape index (κ1) is 17.7. The Morgan fingerprint density at radius 1 is 1.36 bits per heavy atom. The maximum Gasteiger partial charge on any atom is 0.267 e. The summed E-state index contributed by atoms with van der Waals surface area (Å²) in [5.74, 6) is -0.394. The molecule has 0 radical (unpaired) electrons. The predicted octanol–water partition coefficient (Wildman–Crippen LogP) is 2.19. The molecule has 1 rings (SSSR count). The number of nitrogens with zero attached hydrogens (tertiary/aromatic N) is 2. The molecule has 1 amide bonds. The Balaban J connectivity index is 2.59. The Morgan fingerprint density at radius 3 is 2.68 bits per heavy atom. The molecule has 5 nitrogen and oxygen atoms in total. The number of anilines is 1. The zero-order valence-electron chi connectivity index (χ0n) is 13.7. The van der Waals surface area contributed by atoms with Crippen molar-refractivity contribution < 1.29 is 4.79 Å². The molecule has 0 bridgehead atoms. The third kappa shape index (κ3) is 5.98. The summed E-state index contributed by atoms with van der Waals surface area (Å²) in [5.41, 5.74) is 2.91. The summed E-state index contributed by atoms with van der Waals surface area (Å²) in [4.78, 5) is 14.2. The van der Waals surface area contributed by atoms with E-state index in [4.69, 9.17) is 5.26 Å². The second-order valence-corrected chi connectivity index (χ2v) is 5.55. The highest BCUT2D eigenvalue weighted by Crippen LogP contribution is 2.16. The lowest BCUT2D eigenvalue weighted by Gasteiger charge is -2.10. The Bertz CT molecular complexity index is 585. The van der Waals surface area contributed by atoms with Crippen LogP contribution in [0.5, 0.6) is 0 Å². The molecule has 0 unspecified atom stereocenters. The van der Waals surface area contributed by atoms with Crippen LogP contribution in [0.25, 0.3) is 0 Å². The van der Waals surface area contributed by atoms with Gasteiger partial charge in [0, 0.05) is 18.4 Å². The number of amides is 1. The number of nitrogens with one attached hydrogen (secondary N) is 2. The molecule has 22 heavy (non-hydrogen) atoms. The largest absolute Gasteiger partial charge is 0.390 e. The van der Waals surface area contributed by atoms with Crippen LogP contribution in [0.1, 0.15) is 17.5 Å². The Labute approximate surface area is 132 Å². The fourth-order valence-corrected chi connectivity index (χ4v) is 1.96. The van der Waals surface area contributed by atoms with Gasteiger partial charge in [0.05, 0.1) is 0 Å². The quantitative estimate of drug-likeness (QED) is 0.460. The summed E-state index contributed by atoms with van der Waals surface area (Å²) in [6.07, 6.45) is 2.43. The van der Waals surface area contributed by atoms with Gasteiger partial charge in [0.2, 0.25) is 0 Å². The molecule has 1 aromatic rings. The van der Waals surface area contributed by atoms with Crippen molar-refractivity contribution in [2.75, 3.05) is 32.5 Å². The van der Waals surface area contributed by atoms with Crippen molar-refractivity contribution in [1.29, 1.82) is 5.26 Å². The van der Waals surface area contributed by atoms with Gasteiger partial charge >= 0.3 is 0 Å². The molecule has 5 heteroatoms. The van der Waals surface area contributed by atoms with E-state index < -0.39 is 5.91 Å². The normalized spacial score (nSPS) is 11.2. The first-order chi connectivity index (χ1) is 10.4. The summed E-state index contributed by atoms with van der Waals surface area (Å²) in [6, 6.07) is 7.70. The lowest BCUT2D eigenvalue weighted by atomic mass is 10.1. The van der Waals surface area contributed by atoms with E-state index in [1.54, 1.807) is 0 Å². The van der Waals surface area contributed by atoms with Crippen molar-refractivity contribution in [3.8, 4) is 6.07 Å². The SMILES string of the molecule is Cc1ccc(NC(=O)/C(C#N)=C\NCCCN(C)C)c(C)c1. The summed E-state index contributed by atoms with van der Waals surface area (Å²) >= 11 is 0. The standard InChI is InChI=1S/C17H24N4O/c1-13-6-7-16(14(2)10-13)20-17(22)15(11-18)12-19-8-5-9-21(3)4/h6-7,10,12,19H,5,8-9H2,1-4H3,(H,20,22)/b15-12-. The molecule has 0 atom stereocenters. The topological polar surface area (TPSA) is 68.2 Å². The first-order valence-corrected chi connectivity index (χ1v) is 7.31. The number of hydrogen-bond acceptors (Lipinski definition) is 4. The highest BCUT2D eigenvalue weighted by Gasteiger charge is 2.10. The van der Waals surface area contributed by atoms with E-state index in [0.29, 0.717) is 0 Å². The molecule has 0 heterocycles. The van der Waals surface area contributed by atoms with Gasteiger partial charge in [-0.25, -0.2) is 0 Å². The summed E-state index contributed by atoms with van der Waals surface area (Å²) in [5, 5.41) is 14.9. The van der Waals surface area contributed by atoms with Crippen molar-refractivity contribution >= 4 is 11.6 Å². The fraction of sp³-hybridized carbons (Fsp3) is 0.412. The van der Waals surface area contributed by atoms with E-state index in [0.717, 1.165) is 36.3 Å². The predicted molar refractivity (Wildman–Crippen MR) is 89.4 cm³/mol. The Kier molecular flexibility index (Phi) is 7.14. The van der Waals surface area contributed by atoms with Crippen LogP contribution in [0.4, 0.5) is 5.69 Å². The first-order valence-electron chi connectivity index (χ1n) is 7.31. The van der Waals surface area contributed by atoms with Gasteiger partial charge < -0.3 is 15.5 Å². The van der Waals surface area contributed by atoms with Gasteiger partial charge in [-0.2, -0.15) is 5.26 Å². The number of aryl methyl sites for hydroxylation is 2. The van der Waals surface area contributed by atoms with E-state index in [9.17, 15) is 4.79 Å². The maximum absolute atomic E-state index is 12.1. The fourth-order valence-electron chi connectivity index (χ4n) is 1.96. The van der Waals surface area contributed by atoms with Crippen LogP contribution in [0, 0.1) is 25.2 Å². The van der Waals surface area contributed by atoms with E-state index in [1.807, 2.05) is 52.2 Å². The van der Waals surface area contributed by atoms with E-state index in [2.05, 4.69) is 15.5 Å². The van der Waals surface area contributed by atoms with Gasteiger partial charge in [0.1, 0.15) is 11.6 Å². The number of carbonyl (C=O) groups is 1. The molecule has 0 spiro atoms. The maximum atomic E-state index is 12.1. The zero-order valence-corrected chi connectivity index (χ0v) is 13.7. The Hall–Kier alpha value is -2.32. The molecular formula is C17H24N4O. The molecule has 0 aliphatic rings. The number of carbonyl (C=O) groups excluding carboxylic acids is 1. The molecule has 0 fully saturated rings. The van der Waals surface area contributed by atoms with Crippen LogP contribution in [-0.2, 0) is 4.79 Å². The highest BCUT2D eigenvalue weighted by molar-refractivity contribution is 6.06. The third-order valence-corrected chi connectivity index (χ3v) is 3.17. The van der Waals surface area contributed by atoms with Crippen LogP contribution in [0.2, 0.25) is 0 Å². The van der Waals surface area contributed by atoms with Crippen LogP contribution >= 0.6 is 0 Å². The molecule has 0 saturated heterocycles. The van der Waals surface area contributed by atoms with E-state index >= 15 is 0 Å². The zero-order chi connectivity index (χ0) is 16.5. The highest BCUT2D eigenvalue weighted by atomic mass is 16.1. The average molecular weight is 300 g/mol. The molecule has 0 saturated carbocycles. The minimum atomic E-state index is -0.394. The van der Waals surface area contributed by atoms with Crippen molar-refractivity contribution in [2.24, 2.45) is 0 Å². The lowest BCUT2D eigenvalue weighted by Crippen LogP contribution is -2.20. The van der Waals surface area contributed by atoms with E-state index in [1.165, 1.54) is 6.20 Å². The number of nitriles is 1. The van der Waals surface area contributed by atoms with Gasteiger partial charge in [-0.3, -0.25) is 4.79 Å². The lowest BCUT2D eigenvalue weighted by molar-refractivity contribution is -0.112. The van der Waals surface area contributed by atoms with Gasteiger partial charge in [-0.15, -0.1) is 0 Å². The summed E-state index contributed by atoms with van der Waals surface area (Å²) < 4.78 is 0. The number of rotatable bonds is 7.